The number of rotatable bonds is 7. The van der Waals surface area contributed by atoms with Crippen LogP contribution in [0.5, 0.6) is 0 Å². The first-order valence-electron chi connectivity index (χ1n) is 6.83. The van der Waals surface area contributed by atoms with Crippen molar-refractivity contribution in [2.75, 3.05) is 5.75 Å². The minimum absolute atomic E-state index is 0.150. The van der Waals surface area contributed by atoms with Gasteiger partial charge in [-0.3, -0.25) is 10.1 Å². The second-order valence-electron chi connectivity index (χ2n) is 5.59. The van der Waals surface area contributed by atoms with Crippen LogP contribution in [-0.2, 0) is 4.79 Å². The fourth-order valence-electron chi connectivity index (χ4n) is 2.39. The van der Waals surface area contributed by atoms with E-state index in [1.165, 1.54) is 0 Å². The molecule has 1 aliphatic rings. The van der Waals surface area contributed by atoms with Crippen LogP contribution in [0.25, 0.3) is 0 Å². The lowest BCUT2D eigenvalue weighted by molar-refractivity contribution is -0.145. The Morgan fingerprint density at radius 3 is 2.50 bits per heavy atom. The van der Waals surface area contributed by atoms with E-state index in [2.05, 4.69) is 5.32 Å². The molecule has 0 bridgehead atoms. The van der Waals surface area contributed by atoms with E-state index >= 15 is 0 Å². The SMILES string of the molecule is CC(C)NC(CSc1ccc(Cl)cc1)(C(=O)O)C1CC1. The van der Waals surface area contributed by atoms with Crippen LogP contribution in [0.15, 0.2) is 29.2 Å². The van der Waals surface area contributed by atoms with Crippen LogP contribution in [0.1, 0.15) is 26.7 Å². The van der Waals surface area contributed by atoms with E-state index in [1.54, 1.807) is 11.8 Å². The third-order valence-corrected chi connectivity index (χ3v) is 4.94. The number of carbonyl (C=O) groups is 1. The van der Waals surface area contributed by atoms with Crippen molar-refractivity contribution in [3.63, 3.8) is 0 Å². The number of hydrogen-bond acceptors (Lipinski definition) is 3. The molecule has 2 N–H and O–H groups in total. The number of carboxylic acids is 1. The Morgan fingerprint density at radius 1 is 1.45 bits per heavy atom. The molecule has 1 aliphatic carbocycles. The maximum atomic E-state index is 11.8. The molecule has 0 aliphatic heterocycles. The van der Waals surface area contributed by atoms with Crippen molar-refractivity contribution < 1.29 is 9.90 Å². The van der Waals surface area contributed by atoms with Crippen molar-refractivity contribution in [3.05, 3.63) is 29.3 Å². The van der Waals surface area contributed by atoms with Crippen molar-refractivity contribution in [2.45, 2.75) is 43.2 Å². The molecule has 0 spiro atoms. The Morgan fingerprint density at radius 2 is 2.05 bits per heavy atom. The first-order valence-corrected chi connectivity index (χ1v) is 8.20. The van der Waals surface area contributed by atoms with Gasteiger partial charge >= 0.3 is 5.97 Å². The van der Waals surface area contributed by atoms with Gasteiger partial charge in [0.2, 0.25) is 0 Å². The summed E-state index contributed by atoms with van der Waals surface area (Å²) in [6, 6.07) is 7.68. The first kappa shape index (κ1) is 15.7. The number of halogens is 1. The molecule has 20 heavy (non-hydrogen) atoms. The van der Waals surface area contributed by atoms with Crippen molar-refractivity contribution in [2.24, 2.45) is 5.92 Å². The van der Waals surface area contributed by atoms with Gasteiger partial charge in [0.25, 0.3) is 0 Å². The van der Waals surface area contributed by atoms with E-state index in [0.29, 0.717) is 10.8 Å². The summed E-state index contributed by atoms with van der Waals surface area (Å²) >= 11 is 7.44. The zero-order valence-corrected chi connectivity index (χ0v) is 13.3. The largest absolute Gasteiger partial charge is 0.480 e. The van der Waals surface area contributed by atoms with Gasteiger partial charge in [0.15, 0.2) is 0 Å². The Hall–Kier alpha value is -0.710. The van der Waals surface area contributed by atoms with Crippen molar-refractivity contribution in [1.29, 1.82) is 0 Å². The molecule has 0 radical (unpaired) electrons. The quantitative estimate of drug-likeness (QED) is 0.754. The average Bonchev–Trinajstić information content (AvgIpc) is 3.20. The third kappa shape index (κ3) is 3.68. The molecular formula is C15H20ClNO2S. The molecule has 0 aromatic heterocycles. The molecule has 1 unspecified atom stereocenters. The predicted molar refractivity (Wildman–Crippen MR) is 83.5 cm³/mol. The highest BCUT2D eigenvalue weighted by Gasteiger charge is 2.51. The minimum atomic E-state index is -0.821. The van der Waals surface area contributed by atoms with E-state index in [4.69, 9.17) is 11.6 Å². The molecule has 0 amide bonds. The molecular weight excluding hydrogens is 294 g/mol. The lowest BCUT2D eigenvalue weighted by atomic mass is 9.94. The Kier molecular flexibility index (Phi) is 4.99. The van der Waals surface area contributed by atoms with Gasteiger partial charge < -0.3 is 5.11 Å². The fraction of sp³-hybridized carbons (Fsp3) is 0.533. The number of aliphatic carboxylic acids is 1. The van der Waals surface area contributed by atoms with Crippen molar-refractivity contribution >= 4 is 29.3 Å². The number of nitrogens with one attached hydrogen (secondary N) is 1. The topological polar surface area (TPSA) is 49.3 Å². The molecule has 0 saturated heterocycles. The van der Waals surface area contributed by atoms with Crippen LogP contribution < -0.4 is 5.32 Å². The van der Waals surface area contributed by atoms with Crippen LogP contribution in [0.3, 0.4) is 0 Å². The van der Waals surface area contributed by atoms with E-state index in [9.17, 15) is 9.90 Å². The second kappa shape index (κ2) is 6.37. The number of carboxylic acid groups (broad SMARTS) is 1. The van der Waals surface area contributed by atoms with Gasteiger partial charge in [-0.05, 0) is 56.9 Å². The highest BCUT2D eigenvalue weighted by atomic mass is 35.5. The first-order chi connectivity index (χ1) is 9.44. The lowest BCUT2D eigenvalue weighted by Gasteiger charge is -2.32. The molecule has 1 aromatic carbocycles. The molecule has 0 heterocycles. The van der Waals surface area contributed by atoms with Gasteiger partial charge in [0, 0.05) is 21.7 Å². The highest BCUT2D eigenvalue weighted by molar-refractivity contribution is 7.99. The van der Waals surface area contributed by atoms with E-state index < -0.39 is 11.5 Å². The van der Waals surface area contributed by atoms with E-state index in [-0.39, 0.29) is 12.0 Å². The average molecular weight is 314 g/mol. The zero-order chi connectivity index (χ0) is 14.8. The van der Waals surface area contributed by atoms with Gasteiger partial charge in [0.1, 0.15) is 5.54 Å². The van der Waals surface area contributed by atoms with Gasteiger partial charge in [-0.25, -0.2) is 0 Å². The molecule has 5 heteroatoms. The summed E-state index contributed by atoms with van der Waals surface area (Å²) in [5.41, 5.74) is -0.821. The van der Waals surface area contributed by atoms with Gasteiger partial charge in [-0.15, -0.1) is 11.8 Å². The summed E-state index contributed by atoms with van der Waals surface area (Å²) in [4.78, 5) is 12.9. The highest BCUT2D eigenvalue weighted by Crippen LogP contribution is 2.43. The van der Waals surface area contributed by atoms with E-state index in [0.717, 1.165) is 17.7 Å². The van der Waals surface area contributed by atoms with Crippen molar-refractivity contribution in [3.8, 4) is 0 Å². The fourth-order valence-corrected chi connectivity index (χ4v) is 3.69. The van der Waals surface area contributed by atoms with Gasteiger partial charge in [-0.2, -0.15) is 0 Å². The molecule has 3 nitrogen and oxygen atoms in total. The van der Waals surface area contributed by atoms with Gasteiger partial charge in [-0.1, -0.05) is 11.6 Å². The molecule has 1 fully saturated rings. The summed E-state index contributed by atoms with van der Waals surface area (Å²) in [7, 11) is 0. The molecule has 2 rings (SSSR count). The zero-order valence-electron chi connectivity index (χ0n) is 11.7. The maximum absolute atomic E-state index is 11.8. The predicted octanol–water partition coefficient (Wildman–Crippen LogP) is 3.66. The molecule has 1 aromatic rings. The van der Waals surface area contributed by atoms with Crippen molar-refractivity contribution in [1.82, 2.24) is 5.32 Å². The summed E-state index contributed by atoms with van der Waals surface area (Å²) in [5.74, 6) is 0.0321. The monoisotopic (exact) mass is 313 g/mol. The summed E-state index contributed by atoms with van der Waals surface area (Å²) in [5, 5.41) is 13.7. The Labute approximate surface area is 129 Å². The van der Waals surface area contributed by atoms with Crippen LogP contribution in [-0.4, -0.2) is 28.4 Å². The Balaban J connectivity index is 2.11. The number of benzene rings is 1. The van der Waals surface area contributed by atoms with Crippen LogP contribution in [0.2, 0.25) is 5.02 Å². The second-order valence-corrected chi connectivity index (χ2v) is 7.08. The normalized spacial score (nSPS) is 18.0. The summed E-state index contributed by atoms with van der Waals surface area (Å²) in [6.07, 6.45) is 1.99. The number of thioether (sulfide) groups is 1. The molecule has 1 atom stereocenters. The Bertz CT molecular complexity index is 473. The molecule has 110 valence electrons. The van der Waals surface area contributed by atoms with Gasteiger partial charge in [0.05, 0.1) is 0 Å². The van der Waals surface area contributed by atoms with Crippen LogP contribution >= 0.6 is 23.4 Å². The molecule has 1 saturated carbocycles. The minimum Gasteiger partial charge on any atom is -0.480 e. The van der Waals surface area contributed by atoms with Crippen LogP contribution in [0, 0.1) is 5.92 Å². The third-order valence-electron chi connectivity index (χ3n) is 3.48. The number of hydrogen-bond donors (Lipinski definition) is 2. The summed E-state index contributed by atoms with van der Waals surface area (Å²) in [6.45, 7) is 3.99. The smallest absolute Gasteiger partial charge is 0.325 e. The lowest BCUT2D eigenvalue weighted by Crippen LogP contribution is -2.58. The van der Waals surface area contributed by atoms with Crippen LogP contribution in [0.4, 0.5) is 0 Å². The standard InChI is InChI=1S/C15H20ClNO2S/c1-10(2)17-15(14(18)19,11-3-4-11)9-20-13-7-5-12(16)6-8-13/h5-8,10-11,17H,3-4,9H2,1-2H3,(H,18,19). The van der Waals surface area contributed by atoms with E-state index in [1.807, 2.05) is 38.1 Å². The summed E-state index contributed by atoms with van der Waals surface area (Å²) < 4.78 is 0. The maximum Gasteiger partial charge on any atom is 0.325 e.